The van der Waals surface area contributed by atoms with Crippen molar-refractivity contribution < 1.29 is 22.6 Å². The molecule has 0 aliphatic carbocycles. The predicted octanol–water partition coefficient (Wildman–Crippen LogP) is 1.58. The molecule has 1 heterocycles. The summed E-state index contributed by atoms with van der Waals surface area (Å²) in [7, 11) is 0. The fourth-order valence-corrected chi connectivity index (χ4v) is 1.59. The maximum atomic E-state index is 11.7. The van der Waals surface area contributed by atoms with E-state index in [1.165, 1.54) is 0 Å². The van der Waals surface area contributed by atoms with Gasteiger partial charge < -0.3 is 14.8 Å². The van der Waals surface area contributed by atoms with Crippen molar-refractivity contribution in [3.05, 3.63) is 0 Å². The van der Waals surface area contributed by atoms with Gasteiger partial charge >= 0.3 is 6.18 Å². The third-order valence-corrected chi connectivity index (χ3v) is 2.46. The van der Waals surface area contributed by atoms with Crippen LogP contribution in [0.2, 0.25) is 0 Å². The summed E-state index contributed by atoms with van der Waals surface area (Å²) in [5.74, 6) is 0.580. The Morgan fingerprint density at radius 3 is 2.56 bits per heavy atom. The van der Waals surface area contributed by atoms with Crippen LogP contribution in [-0.4, -0.2) is 45.7 Å². The normalized spacial score (nSPS) is 18.9. The van der Waals surface area contributed by atoms with Crippen molar-refractivity contribution in [3.63, 3.8) is 0 Å². The van der Waals surface area contributed by atoms with Gasteiger partial charge in [0.25, 0.3) is 0 Å². The number of alkyl halides is 3. The SMILES string of the molecule is FC(F)(F)COCCNCC1CCOCC1. The smallest absolute Gasteiger partial charge is 0.381 e. The van der Waals surface area contributed by atoms with Crippen LogP contribution in [0.5, 0.6) is 0 Å². The van der Waals surface area contributed by atoms with E-state index in [4.69, 9.17) is 4.74 Å². The molecular weight excluding hydrogens is 223 g/mol. The Hall–Kier alpha value is -0.330. The fraction of sp³-hybridized carbons (Fsp3) is 1.00. The molecule has 1 rings (SSSR count). The third kappa shape index (κ3) is 7.03. The van der Waals surface area contributed by atoms with E-state index in [1.54, 1.807) is 0 Å². The van der Waals surface area contributed by atoms with Gasteiger partial charge in [0.05, 0.1) is 6.61 Å². The number of hydrogen-bond acceptors (Lipinski definition) is 3. The van der Waals surface area contributed by atoms with Crippen LogP contribution in [0.3, 0.4) is 0 Å². The molecule has 0 bridgehead atoms. The molecule has 1 N–H and O–H groups in total. The molecule has 0 saturated carbocycles. The molecule has 1 saturated heterocycles. The van der Waals surface area contributed by atoms with Crippen LogP contribution in [0.25, 0.3) is 0 Å². The Morgan fingerprint density at radius 2 is 1.94 bits per heavy atom. The van der Waals surface area contributed by atoms with E-state index in [9.17, 15) is 13.2 Å². The van der Waals surface area contributed by atoms with Gasteiger partial charge in [-0.2, -0.15) is 13.2 Å². The minimum atomic E-state index is -4.22. The molecule has 16 heavy (non-hydrogen) atoms. The van der Waals surface area contributed by atoms with Crippen LogP contribution in [0.1, 0.15) is 12.8 Å². The van der Waals surface area contributed by atoms with Crippen molar-refractivity contribution in [1.29, 1.82) is 0 Å². The molecule has 1 aliphatic rings. The first-order chi connectivity index (χ1) is 7.58. The first-order valence-corrected chi connectivity index (χ1v) is 5.51. The van der Waals surface area contributed by atoms with E-state index in [1.807, 2.05) is 0 Å². The largest absolute Gasteiger partial charge is 0.411 e. The average molecular weight is 241 g/mol. The Bertz CT molecular complexity index is 181. The minimum absolute atomic E-state index is 0.0999. The summed E-state index contributed by atoms with van der Waals surface area (Å²) in [4.78, 5) is 0. The molecule has 3 nitrogen and oxygen atoms in total. The van der Waals surface area contributed by atoms with Crippen LogP contribution in [-0.2, 0) is 9.47 Å². The van der Waals surface area contributed by atoms with Crippen molar-refractivity contribution in [2.75, 3.05) is 39.5 Å². The van der Waals surface area contributed by atoms with Gasteiger partial charge in [-0.1, -0.05) is 0 Å². The zero-order valence-electron chi connectivity index (χ0n) is 9.18. The summed E-state index contributed by atoms with van der Waals surface area (Å²) in [5, 5.41) is 3.09. The average Bonchev–Trinajstić information content (AvgIpc) is 2.23. The van der Waals surface area contributed by atoms with Gasteiger partial charge in [0, 0.05) is 19.8 Å². The van der Waals surface area contributed by atoms with Crippen LogP contribution in [0.4, 0.5) is 13.2 Å². The highest BCUT2D eigenvalue weighted by Gasteiger charge is 2.27. The lowest BCUT2D eigenvalue weighted by Crippen LogP contribution is -2.30. The van der Waals surface area contributed by atoms with Crippen molar-refractivity contribution >= 4 is 0 Å². The highest BCUT2D eigenvalue weighted by molar-refractivity contribution is 4.65. The van der Waals surface area contributed by atoms with Crippen LogP contribution in [0.15, 0.2) is 0 Å². The van der Waals surface area contributed by atoms with Crippen molar-refractivity contribution in [2.24, 2.45) is 5.92 Å². The molecule has 0 amide bonds. The van der Waals surface area contributed by atoms with Crippen LogP contribution in [0, 0.1) is 5.92 Å². The molecule has 0 radical (unpaired) electrons. The third-order valence-electron chi connectivity index (χ3n) is 2.46. The molecule has 96 valence electrons. The topological polar surface area (TPSA) is 30.5 Å². The van der Waals surface area contributed by atoms with Gasteiger partial charge in [-0.15, -0.1) is 0 Å². The standard InChI is InChI=1S/C10H18F3NO2/c11-10(12,13)8-16-6-3-14-7-9-1-4-15-5-2-9/h9,14H,1-8H2. The summed E-state index contributed by atoms with van der Waals surface area (Å²) < 4.78 is 44.8. The molecule has 0 aromatic rings. The Morgan fingerprint density at radius 1 is 1.25 bits per heavy atom. The summed E-state index contributed by atoms with van der Waals surface area (Å²) in [6.45, 7) is 1.81. The number of nitrogens with one attached hydrogen (secondary N) is 1. The second-order valence-corrected chi connectivity index (χ2v) is 3.93. The second-order valence-electron chi connectivity index (χ2n) is 3.93. The van der Waals surface area contributed by atoms with E-state index >= 15 is 0 Å². The highest BCUT2D eigenvalue weighted by atomic mass is 19.4. The summed E-state index contributed by atoms with van der Waals surface area (Å²) in [6, 6.07) is 0. The van der Waals surface area contributed by atoms with E-state index in [2.05, 4.69) is 10.1 Å². The summed E-state index contributed by atoms with van der Waals surface area (Å²) in [5.41, 5.74) is 0. The summed E-state index contributed by atoms with van der Waals surface area (Å²) in [6.07, 6.45) is -2.17. The first-order valence-electron chi connectivity index (χ1n) is 5.51. The second kappa shape index (κ2) is 7.09. The van der Waals surface area contributed by atoms with Gasteiger partial charge in [0.2, 0.25) is 0 Å². The van der Waals surface area contributed by atoms with E-state index in [-0.39, 0.29) is 6.61 Å². The lowest BCUT2D eigenvalue weighted by atomic mass is 10.0. The van der Waals surface area contributed by atoms with Crippen LogP contribution < -0.4 is 5.32 Å². The Balaban J connectivity index is 1.87. The van der Waals surface area contributed by atoms with E-state index < -0.39 is 12.8 Å². The maximum absolute atomic E-state index is 11.7. The molecule has 6 heteroatoms. The van der Waals surface area contributed by atoms with Crippen LogP contribution >= 0.6 is 0 Å². The predicted molar refractivity (Wildman–Crippen MR) is 53.3 cm³/mol. The summed E-state index contributed by atoms with van der Waals surface area (Å²) >= 11 is 0. The number of hydrogen-bond donors (Lipinski definition) is 1. The zero-order valence-corrected chi connectivity index (χ0v) is 9.18. The minimum Gasteiger partial charge on any atom is -0.381 e. The zero-order chi connectivity index (χ0) is 11.9. The van der Waals surface area contributed by atoms with Crippen molar-refractivity contribution in [3.8, 4) is 0 Å². The quantitative estimate of drug-likeness (QED) is 0.716. The first kappa shape index (κ1) is 13.7. The van der Waals surface area contributed by atoms with E-state index in [0.717, 1.165) is 32.6 Å². The van der Waals surface area contributed by atoms with Crippen molar-refractivity contribution in [2.45, 2.75) is 19.0 Å². The molecular formula is C10H18F3NO2. The molecule has 0 spiro atoms. The monoisotopic (exact) mass is 241 g/mol. The molecule has 0 atom stereocenters. The lowest BCUT2D eigenvalue weighted by Gasteiger charge is -2.22. The van der Waals surface area contributed by atoms with Gasteiger partial charge in [0.1, 0.15) is 6.61 Å². The van der Waals surface area contributed by atoms with Gasteiger partial charge in [0.15, 0.2) is 0 Å². The molecule has 1 aliphatic heterocycles. The maximum Gasteiger partial charge on any atom is 0.411 e. The highest BCUT2D eigenvalue weighted by Crippen LogP contribution is 2.14. The number of rotatable bonds is 6. The van der Waals surface area contributed by atoms with Crippen molar-refractivity contribution in [1.82, 2.24) is 5.32 Å². The van der Waals surface area contributed by atoms with E-state index in [0.29, 0.717) is 12.5 Å². The van der Waals surface area contributed by atoms with Gasteiger partial charge in [-0.25, -0.2) is 0 Å². The molecule has 0 aromatic carbocycles. The fourth-order valence-electron chi connectivity index (χ4n) is 1.59. The Labute approximate surface area is 93.3 Å². The number of halogens is 3. The molecule has 0 aromatic heterocycles. The van der Waals surface area contributed by atoms with Gasteiger partial charge in [-0.05, 0) is 25.3 Å². The molecule has 0 unspecified atom stereocenters. The molecule has 1 fully saturated rings. The number of ether oxygens (including phenoxy) is 2. The lowest BCUT2D eigenvalue weighted by molar-refractivity contribution is -0.173. The Kier molecular flexibility index (Phi) is 6.08. The van der Waals surface area contributed by atoms with Gasteiger partial charge in [-0.3, -0.25) is 0 Å².